The van der Waals surface area contributed by atoms with Crippen molar-refractivity contribution in [3.8, 4) is 5.75 Å². The molecule has 3 N–H and O–H groups in total. The summed E-state index contributed by atoms with van der Waals surface area (Å²) in [4.78, 5) is 27.2. The number of hydrazone groups is 1. The van der Waals surface area contributed by atoms with Gasteiger partial charge in [0.05, 0.1) is 11.3 Å². The predicted molar refractivity (Wildman–Crippen MR) is 144 cm³/mol. The number of rotatable bonds is 5. The number of anilines is 2. The third-order valence-corrected chi connectivity index (χ3v) is 7.18. The third kappa shape index (κ3) is 4.94. The molecule has 0 fully saturated rings. The van der Waals surface area contributed by atoms with Crippen molar-refractivity contribution >= 4 is 34.5 Å². The first-order valence-corrected chi connectivity index (χ1v) is 12.4. The van der Waals surface area contributed by atoms with Crippen LogP contribution < -0.4 is 10.3 Å². The Labute approximate surface area is 231 Å². The number of phenols is 1. The highest BCUT2D eigenvalue weighted by Crippen LogP contribution is 2.41. The number of fused-ring (bicyclic) bond motifs is 1. The van der Waals surface area contributed by atoms with Gasteiger partial charge in [0.15, 0.2) is 11.3 Å². The van der Waals surface area contributed by atoms with Crippen LogP contribution in [0.2, 0.25) is 0 Å². The molecule has 41 heavy (non-hydrogen) atoms. The number of amides is 1. The third-order valence-electron chi connectivity index (χ3n) is 7.18. The lowest BCUT2D eigenvalue weighted by atomic mass is 9.84. The number of carbonyl (C=O) groups is 2. The molecule has 3 aromatic carbocycles. The summed E-state index contributed by atoms with van der Waals surface area (Å²) in [5, 5.41) is 24.5. The first-order valence-electron chi connectivity index (χ1n) is 12.4. The molecule has 1 aliphatic heterocycles. The number of carbonyl (C=O) groups excluding carboxylic acids is 1. The summed E-state index contributed by atoms with van der Waals surface area (Å²) >= 11 is 0. The van der Waals surface area contributed by atoms with Crippen molar-refractivity contribution < 1.29 is 37.4 Å². The topological polar surface area (TPSA) is 102 Å². The van der Waals surface area contributed by atoms with Crippen molar-refractivity contribution in [2.75, 3.05) is 4.90 Å². The van der Waals surface area contributed by atoms with Gasteiger partial charge in [-0.3, -0.25) is 15.1 Å². The molecule has 1 heterocycles. The molecule has 5 rings (SSSR count). The Morgan fingerprint density at radius 1 is 1.02 bits per heavy atom. The molecule has 2 aliphatic rings. The van der Waals surface area contributed by atoms with E-state index >= 15 is 0 Å². The zero-order chi connectivity index (χ0) is 29.7. The van der Waals surface area contributed by atoms with E-state index < -0.39 is 35.0 Å². The SMILES string of the molecule is Cc1ccc(N2C(=O)C(=NNC3(C(=O)O)C=CC=C(c4cc(F)ccc4O)C3)c3ccc(C(F)(F)F)cc32)cc1C. The Morgan fingerprint density at radius 2 is 1.78 bits per heavy atom. The van der Waals surface area contributed by atoms with Crippen LogP contribution >= 0.6 is 0 Å². The molecule has 11 heteroatoms. The van der Waals surface area contributed by atoms with Crippen LogP contribution in [0.5, 0.6) is 5.75 Å². The van der Waals surface area contributed by atoms with E-state index in [-0.39, 0.29) is 40.3 Å². The summed E-state index contributed by atoms with van der Waals surface area (Å²) in [5.41, 5.74) is 1.80. The van der Waals surface area contributed by atoms with Crippen LogP contribution in [0.1, 0.15) is 34.2 Å². The Balaban J connectivity index is 1.57. The Kier molecular flexibility index (Phi) is 6.68. The number of carboxylic acid groups (broad SMARTS) is 1. The predicted octanol–water partition coefficient (Wildman–Crippen LogP) is 6.01. The van der Waals surface area contributed by atoms with Crippen molar-refractivity contribution in [3.63, 3.8) is 0 Å². The number of allylic oxidation sites excluding steroid dienone is 2. The van der Waals surface area contributed by atoms with E-state index in [9.17, 15) is 37.4 Å². The summed E-state index contributed by atoms with van der Waals surface area (Å²) in [6, 6.07) is 11.1. The van der Waals surface area contributed by atoms with E-state index in [0.717, 1.165) is 52.4 Å². The van der Waals surface area contributed by atoms with E-state index in [1.807, 2.05) is 6.92 Å². The molecule has 0 spiro atoms. The number of carboxylic acids is 1. The van der Waals surface area contributed by atoms with Gasteiger partial charge in [0.2, 0.25) is 0 Å². The monoisotopic (exact) mass is 565 g/mol. The van der Waals surface area contributed by atoms with Crippen LogP contribution in [0, 0.1) is 19.7 Å². The summed E-state index contributed by atoms with van der Waals surface area (Å²) in [6.07, 6.45) is -0.766. The molecule has 0 saturated carbocycles. The van der Waals surface area contributed by atoms with Crippen LogP contribution in [-0.2, 0) is 15.8 Å². The molecule has 0 bridgehead atoms. The fraction of sp³-hybridized carbons (Fsp3) is 0.167. The minimum Gasteiger partial charge on any atom is -0.507 e. The Bertz CT molecular complexity index is 1690. The van der Waals surface area contributed by atoms with Crippen molar-refractivity contribution in [1.29, 1.82) is 0 Å². The number of hydrogen-bond donors (Lipinski definition) is 3. The molecule has 7 nitrogen and oxygen atoms in total. The second-order valence-electron chi connectivity index (χ2n) is 9.88. The van der Waals surface area contributed by atoms with Crippen molar-refractivity contribution in [2.45, 2.75) is 32.0 Å². The number of nitrogens with zero attached hydrogens (tertiary/aromatic N) is 2. The van der Waals surface area contributed by atoms with Gasteiger partial charge in [-0.2, -0.15) is 18.3 Å². The minimum atomic E-state index is -4.67. The van der Waals surface area contributed by atoms with Crippen LogP contribution in [0.15, 0.2) is 77.9 Å². The van der Waals surface area contributed by atoms with Gasteiger partial charge in [-0.05, 0) is 85.2 Å². The number of benzene rings is 3. The highest BCUT2D eigenvalue weighted by molar-refractivity contribution is 6.55. The number of halogens is 4. The number of aromatic hydroxyl groups is 1. The maximum absolute atomic E-state index is 13.9. The van der Waals surface area contributed by atoms with Crippen LogP contribution in [-0.4, -0.2) is 33.3 Å². The van der Waals surface area contributed by atoms with E-state index in [1.165, 1.54) is 18.2 Å². The van der Waals surface area contributed by atoms with Crippen molar-refractivity contribution in [2.24, 2.45) is 5.10 Å². The van der Waals surface area contributed by atoms with E-state index in [0.29, 0.717) is 5.69 Å². The van der Waals surface area contributed by atoms with Gasteiger partial charge in [-0.1, -0.05) is 18.2 Å². The molecule has 1 aliphatic carbocycles. The first kappa shape index (κ1) is 27.6. The van der Waals surface area contributed by atoms with Gasteiger partial charge in [0.1, 0.15) is 11.6 Å². The van der Waals surface area contributed by atoms with Crippen LogP contribution in [0.4, 0.5) is 28.9 Å². The van der Waals surface area contributed by atoms with E-state index in [1.54, 1.807) is 25.1 Å². The first-order chi connectivity index (χ1) is 19.3. The number of nitrogens with one attached hydrogen (secondary N) is 1. The molecular formula is C30H23F4N3O4. The average molecular weight is 566 g/mol. The smallest absolute Gasteiger partial charge is 0.416 e. The number of aryl methyl sites for hydroxylation is 2. The fourth-order valence-corrected chi connectivity index (χ4v) is 4.78. The summed E-state index contributed by atoms with van der Waals surface area (Å²) in [6.45, 7) is 3.66. The molecule has 1 amide bonds. The molecule has 0 radical (unpaired) electrons. The number of alkyl halides is 3. The quantitative estimate of drug-likeness (QED) is 0.260. The number of aliphatic carboxylic acids is 1. The zero-order valence-electron chi connectivity index (χ0n) is 21.8. The minimum absolute atomic E-state index is 0.0533. The lowest BCUT2D eigenvalue weighted by Gasteiger charge is -2.29. The zero-order valence-corrected chi connectivity index (χ0v) is 21.8. The molecule has 1 unspecified atom stereocenters. The van der Waals surface area contributed by atoms with Gasteiger partial charge in [0.25, 0.3) is 5.91 Å². The van der Waals surface area contributed by atoms with E-state index in [4.69, 9.17) is 0 Å². The lowest BCUT2D eigenvalue weighted by Crippen LogP contribution is -2.49. The van der Waals surface area contributed by atoms with Crippen molar-refractivity contribution in [1.82, 2.24) is 5.43 Å². The Hall–Kier alpha value is -4.93. The maximum Gasteiger partial charge on any atom is 0.416 e. The largest absolute Gasteiger partial charge is 0.507 e. The molecule has 0 aromatic heterocycles. The molecule has 210 valence electrons. The second-order valence-corrected chi connectivity index (χ2v) is 9.88. The van der Waals surface area contributed by atoms with Crippen LogP contribution in [0.3, 0.4) is 0 Å². The average Bonchev–Trinajstić information content (AvgIpc) is 3.20. The summed E-state index contributed by atoms with van der Waals surface area (Å²) in [5.74, 6) is -3.04. The van der Waals surface area contributed by atoms with Gasteiger partial charge in [0, 0.05) is 23.2 Å². The molecule has 0 saturated heterocycles. The standard InChI is InChI=1S/C30H23F4N3O4/c1-16-5-8-21(12-17(16)2)37-24-13-19(30(32,33)34)6-9-22(24)26(27(37)39)35-36-29(28(40)41)11-3-4-18(15-29)23-14-20(31)7-10-25(23)38/h3-14,36,38H,15H2,1-2H3,(H,40,41). The van der Waals surface area contributed by atoms with Gasteiger partial charge in [-0.25, -0.2) is 9.18 Å². The fourth-order valence-electron chi connectivity index (χ4n) is 4.78. The number of hydrogen-bond acceptors (Lipinski definition) is 5. The number of phenolic OH excluding ortho intramolecular Hbond substituents is 1. The van der Waals surface area contributed by atoms with Crippen LogP contribution in [0.25, 0.3) is 5.57 Å². The maximum atomic E-state index is 13.9. The Morgan fingerprint density at radius 3 is 2.46 bits per heavy atom. The molecule has 1 atom stereocenters. The molecular weight excluding hydrogens is 542 g/mol. The lowest BCUT2D eigenvalue weighted by molar-refractivity contribution is -0.142. The van der Waals surface area contributed by atoms with Crippen molar-refractivity contribution in [3.05, 3.63) is 106 Å². The normalized spacial score (nSPS) is 19.4. The van der Waals surface area contributed by atoms with Gasteiger partial charge in [-0.15, -0.1) is 0 Å². The molecule has 3 aromatic rings. The summed E-state index contributed by atoms with van der Waals surface area (Å²) in [7, 11) is 0. The second kappa shape index (κ2) is 9.92. The van der Waals surface area contributed by atoms with E-state index in [2.05, 4.69) is 10.5 Å². The van der Waals surface area contributed by atoms with Gasteiger partial charge < -0.3 is 10.2 Å². The summed E-state index contributed by atoms with van der Waals surface area (Å²) < 4.78 is 54.7. The van der Waals surface area contributed by atoms with Gasteiger partial charge >= 0.3 is 12.1 Å². The highest BCUT2D eigenvalue weighted by Gasteiger charge is 2.42. The highest BCUT2D eigenvalue weighted by atomic mass is 19.4.